The first-order valence-electron chi connectivity index (χ1n) is 5.26. The normalized spacial score (nSPS) is 12.7. The Balaban J connectivity index is 2.32. The summed E-state index contributed by atoms with van der Waals surface area (Å²) in [6.45, 7) is 2.67. The number of aliphatic hydroxyl groups excluding tert-OH is 1. The van der Waals surface area contributed by atoms with E-state index >= 15 is 0 Å². The van der Waals surface area contributed by atoms with E-state index in [-0.39, 0.29) is 5.02 Å². The second kappa shape index (κ2) is 4.85. The van der Waals surface area contributed by atoms with E-state index in [2.05, 4.69) is 5.10 Å². The molecule has 1 unspecified atom stereocenters. The smallest absolute Gasteiger partial charge is 0.125 e. The first kappa shape index (κ1) is 12.1. The molecule has 0 fully saturated rings. The molecule has 0 bridgehead atoms. The minimum Gasteiger partial charge on any atom is -0.384 e. The standard InChI is InChI=1S/C12H12ClFN2O/c1-2-16-7-9(6-15-16)12(17)8-3-10(13)5-11(14)4-8/h3-7,12,17H,2H2,1H3. The molecule has 1 aromatic carbocycles. The van der Waals surface area contributed by atoms with Crippen LogP contribution in [0.4, 0.5) is 4.39 Å². The van der Waals surface area contributed by atoms with Gasteiger partial charge in [0.1, 0.15) is 11.9 Å². The summed E-state index contributed by atoms with van der Waals surface area (Å²) >= 11 is 5.74. The van der Waals surface area contributed by atoms with Crippen LogP contribution in [-0.2, 0) is 6.54 Å². The lowest BCUT2D eigenvalue weighted by molar-refractivity contribution is 0.219. The van der Waals surface area contributed by atoms with Crippen molar-refractivity contribution in [2.45, 2.75) is 19.6 Å². The lowest BCUT2D eigenvalue weighted by Gasteiger charge is -2.09. The number of hydrogen-bond donors (Lipinski definition) is 1. The zero-order valence-corrected chi connectivity index (χ0v) is 10.0. The molecule has 0 aliphatic heterocycles. The topological polar surface area (TPSA) is 38.0 Å². The average Bonchev–Trinajstić information content (AvgIpc) is 2.75. The monoisotopic (exact) mass is 254 g/mol. The van der Waals surface area contributed by atoms with Crippen molar-refractivity contribution in [2.75, 3.05) is 0 Å². The van der Waals surface area contributed by atoms with Gasteiger partial charge in [-0.15, -0.1) is 0 Å². The van der Waals surface area contributed by atoms with Crippen molar-refractivity contribution >= 4 is 11.6 Å². The Morgan fingerprint density at radius 1 is 1.41 bits per heavy atom. The molecule has 90 valence electrons. The first-order valence-corrected chi connectivity index (χ1v) is 5.64. The second-order valence-corrected chi connectivity index (χ2v) is 4.17. The van der Waals surface area contributed by atoms with Crippen molar-refractivity contribution in [1.29, 1.82) is 0 Å². The molecule has 0 amide bonds. The van der Waals surface area contributed by atoms with Gasteiger partial charge in [0, 0.05) is 23.3 Å². The molecule has 0 aliphatic rings. The van der Waals surface area contributed by atoms with Gasteiger partial charge in [0.25, 0.3) is 0 Å². The van der Waals surface area contributed by atoms with Crippen molar-refractivity contribution in [3.63, 3.8) is 0 Å². The van der Waals surface area contributed by atoms with Crippen molar-refractivity contribution in [1.82, 2.24) is 9.78 Å². The number of aryl methyl sites for hydroxylation is 1. The maximum Gasteiger partial charge on any atom is 0.125 e. The molecule has 0 spiro atoms. The van der Waals surface area contributed by atoms with Crippen molar-refractivity contribution in [2.24, 2.45) is 0 Å². The van der Waals surface area contributed by atoms with Crippen molar-refractivity contribution in [3.8, 4) is 0 Å². The Kier molecular flexibility index (Phi) is 3.45. The van der Waals surface area contributed by atoms with E-state index in [1.807, 2.05) is 6.92 Å². The molecule has 17 heavy (non-hydrogen) atoms. The van der Waals surface area contributed by atoms with Gasteiger partial charge in [-0.3, -0.25) is 4.68 Å². The maximum absolute atomic E-state index is 13.2. The number of aromatic nitrogens is 2. The van der Waals surface area contributed by atoms with Gasteiger partial charge in [-0.25, -0.2) is 4.39 Å². The predicted octanol–water partition coefficient (Wildman–Crippen LogP) is 2.78. The Labute approximate surface area is 103 Å². The molecular formula is C12H12ClFN2O. The number of halogens is 2. The zero-order valence-electron chi connectivity index (χ0n) is 9.27. The number of rotatable bonds is 3. The van der Waals surface area contributed by atoms with E-state index < -0.39 is 11.9 Å². The third-order valence-corrected chi connectivity index (χ3v) is 2.71. The van der Waals surface area contributed by atoms with Crippen molar-refractivity contribution in [3.05, 3.63) is 52.6 Å². The molecular weight excluding hydrogens is 243 g/mol. The summed E-state index contributed by atoms with van der Waals surface area (Å²) in [6, 6.07) is 4.01. The molecule has 2 aromatic rings. The fourth-order valence-corrected chi connectivity index (χ4v) is 1.85. The molecule has 0 radical (unpaired) electrons. The molecule has 1 N–H and O–H groups in total. The lowest BCUT2D eigenvalue weighted by atomic mass is 10.0. The number of aliphatic hydroxyl groups is 1. The molecule has 0 saturated carbocycles. The Morgan fingerprint density at radius 3 is 2.76 bits per heavy atom. The highest BCUT2D eigenvalue weighted by molar-refractivity contribution is 6.30. The van der Waals surface area contributed by atoms with Gasteiger partial charge in [-0.05, 0) is 30.7 Å². The summed E-state index contributed by atoms with van der Waals surface area (Å²) in [5, 5.41) is 14.4. The molecule has 0 aliphatic carbocycles. The van der Waals surface area contributed by atoms with Gasteiger partial charge in [0.15, 0.2) is 0 Å². The van der Waals surface area contributed by atoms with E-state index in [1.165, 1.54) is 12.1 Å². The minimum absolute atomic E-state index is 0.266. The predicted molar refractivity (Wildman–Crippen MR) is 63.4 cm³/mol. The largest absolute Gasteiger partial charge is 0.384 e. The van der Waals surface area contributed by atoms with Gasteiger partial charge in [-0.2, -0.15) is 5.10 Å². The van der Waals surface area contributed by atoms with Crippen LogP contribution in [-0.4, -0.2) is 14.9 Å². The third-order valence-electron chi connectivity index (χ3n) is 2.49. The summed E-state index contributed by atoms with van der Waals surface area (Å²) in [5.74, 6) is -0.463. The number of benzene rings is 1. The fourth-order valence-electron chi connectivity index (χ4n) is 1.62. The van der Waals surface area contributed by atoms with Crippen LogP contribution in [0.5, 0.6) is 0 Å². The van der Waals surface area contributed by atoms with E-state index in [1.54, 1.807) is 23.1 Å². The van der Waals surface area contributed by atoms with Gasteiger partial charge < -0.3 is 5.11 Å². The Hall–Kier alpha value is -1.39. The first-order chi connectivity index (χ1) is 8.10. The molecule has 0 saturated heterocycles. The van der Waals surface area contributed by atoms with Crippen molar-refractivity contribution < 1.29 is 9.50 Å². The van der Waals surface area contributed by atoms with Crippen LogP contribution in [0.25, 0.3) is 0 Å². The van der Waals surface area contributed by atoms with Crippen LogP contribution in [0.15, 0.2) is 30.6 Å². The van der Waals surface area contributed by atoms with Crippen LogP contribution in [0.1, 0.15) is 24.2 Å². The van der Waals surface area contributed by atoms with Crippen LogP contribution < -0.4 is 0 Å². The fraction of sp³-hybridized carbons (Fsp3) is 0.250. The number of hydrogen-bond acceptors (Lipinski definition) is 2. The summed E-state index contributed by atoms with van der Waals surface area (Å²) < 4.78 is 14.9. The quantitative estimate of drug-likeness (QED) is 0.915. The van der Waals surface area contributed by atoms with Crippen LogP contribution in [0, 0.1) is 5.82 Å². The highest BCUT2D eigenvalue weighted by atomic mass is 35.5. The van der Waals surface area contributed by atoms with Crippen LogP contribution >= 0.6 is 11.6 Å². The van der Waals surface area contributed by atoms with Gasteiger partial charge in [-0.1, -0.05) is 11.6 Å². The third kappa shape index (κ3) is 2.65. The van der Waals surface area contributed by atoms with Gasteiger partial charge >= 0.3 is 0 Å². The number of nitrogens with zero attached hydrogens (tertiary/aromatic N) is 2. The van der Waals surface area contributed by atoms with E-state index in [0.29, 0.717) is 11.1 Å². The molecule has 1 atom stereocenters. The van der Waals surface area contributed by atoms with Crippen LogP contribution in [0.3, 0.4) is 0 Å². The second-order valence-electron chi connectivity index (χ2n) is 3.73. The summed E-state index contributed by atoms with van der Waals surface area (Å²) in [7, 11) is 0. The van der Waals surface area contributed by atoms with Crippen LogP contribution in [0.2, 0.25) is 5.02 Å². The SMILES string of the molecule is CCn1cc(C(O)c2cc(F)cc(Cl)c2)cn1. The average molecular weight is 255 g/mol. The highest BCUT2D eigenvalue weighted by Crippen LogP contribution is 2.25. The summed E-state index contributed by atoms with van der Waals surface area (Å²) in [6.07, 6.45) is 2.37. The van der Waals surface area contributed by atoms with Gasteiger partial charge in [0.2, 0.25) is 0 Å². The van der Waals surface area contributed by atoms with E-state index in [0.717, 1.165) is 6.54 Å². The lowest BCUT2D eigenvalue weighted by Crippen LogP contribution is -1.99. The highest BCUT2D eigenvalue weighted by Gasteiger charge is 2.14. The minimum atomic E-state index is -0.913. The molecule has 3 nitrogen and oxygen atoms in total. The molecule has 2 rings (SSSR count). The molecule has 1 aromatic heterocycles. The van der Waals surface area contributed by atoms with E-state index in [9.17, 15) is 9.50 Å². The summed E-state index contributed by atoms with van der Waals surface area (Å²) in [4.78, 5) is 0. The molecule has 1 heterocycles. The Bertz CT molecular complexity index is 507. The molecule has 5 heteroatoms. The van der Waals surface area contributed by atoms with Gasteiger partial charge in [0.05, 0.1) is 6.20 Å². The van der Waals surface area contributed by atoms with E-state index in [4.69, 9.17) is 11.6 Å². The zero-order chi connectivity index (χ0) is 12.4. The summed E-state index contributed by atoms with van der Waals surface area (Å²) in [5.41, 5.74) is 1.04. The Morgan fingerprint density at radius 2 is 2.18 bits per heavy atom. The maximum atomic E-state index is 13.2.